The molecule has 7 nitrogen and oxygen atoms in total. The van der Waals surface area contributed by atoms with Crippen molar-refractivity contribution in [2.24, 2.45) is 13.0 Å². The average molecular weight is 455 g/mol. The van der Waals surface area contributed by atoms with Crippen LogP contribution in [0.4, 0.5) is 22.0 Å². The second kappa shape index (κ2) is 9.92. The molecule has 0 radical (unpaired) electrons. The number of nitrogens with zero attached hydrogens (tertiary/aromatic N) is 2. The van der Waals surface area contributed by atoms with Crippen molar-refractivity contribution < 1.29 is 41.8 Å². The Balaban J connectivity index is 0.000000423. The van der Waals surface area contributed by atoms with Crippen LogP contribution in [0.1, 0.15) is 55.5 Å². The second-order valence-electron chi connectivity index (χ2n) is 7.85. The number of aromatic nitrogens is 2. The number of hydrogen-bond acceptors (Lipinski definition) is 4. The maximum atomic E-state index is 14.4. The van der Waals surface area contributed by atoms with Crippen LogP contribution in [0.15, 0.2) is 0 Å². The molecule has 0 aliphatic heterocycles. The van der Waals surface area contributed by atoms with Gasteiger partial charge in [0.05, 0.1) is 23.3 Å². The highest BCUT2D eigenvalue weighted by molar-refractivity contribution is 5.73. The third-order valence-electron chi connectivity index (χ3n) is 5.70. The molecule has 0 unspecified atom stereocenters. The number of carboxylic acid groups (broad SMARTS) is 2. The van der Waals surface area contributed by atoms with Gasteiger partial charge in [-0.1, -0.05) is 0 Å². The molecule has 1 aromatic heterocycles. The van der Waals surface area contributed by atoms with Crippen molar-refractivity contribution in [1.29, 1.82) is 0 Å². The lowest BCUT2D eigenvalue weighted by molar-refractivity contribution is -0.192. The zero-order valence-electron chi connectivity index (χ0n) is 17.0. The van der Waals surface area contributed by atoms with Crippen molar-refractivity contribution in [3.05, 3.63) is 17.0 Å². The summed E-state index contributed by atoms with van der Waals surface area (Å²) in [5, 5.41) is 23.7. The Bertz CT molecular complexity index is 794. The van der Waals surface area contributed by atoms with Gasteiger partial charge in [0.25, 0.3) is 5.92 Å². The normalized spacial score (nSPS) is 23.2. The Morgan fingerprint density at radius 1 is 1.16 bits per heavy atom. The molecule has 0 amide bonds. The number of halogens is 5. The Hall–Kier alpha value is -2.24. The highest BCUT2D eigenvalue weighted by atomic mass is 19.4. The van der Waals surface area contributed by atoms with Gasteiger partial charge < -0.3 is 15.5 Å². The Morgan fingerprint density at radius 2 is 1.77 bits per heavy atom. The van der Waals surface area contributed by atoms with Crippen LogP contribution in [0.5, 0.6) is 0 Å². The van der Waals surface area contributed by atoms with E-state index < -0.39 is 36.0 Å². The van der Waals surface area contributed by atoms with Crippen LogP contribution in [0.2, 0.25) is 0 Å². The quantitative estimate of drug-likeness (QED) is 0.476. The molecule has 1 aromatic rings. The molecule has 31 heavy (non-hydrogen) atoms. The summed E-state index contributed by atoms with van der Waals surface area (Å²) in [7, 11) is 1.86. The lowest BCUT2D eigenvalue weighted by Crippen LogP contribution is -2.44. The minimum atomic E-state index is -5.08. The molecule has 1 heterocycles. The van der Waals surface area contributed by atoms with Crippen LogP contribution in [0.25, 0.3) is 0 Å². The van der Waals surface area contributed by atoms with Crippen molar-refractivity contribution in [2.75, 3.05) is 0 Å². The minimum absolute atomic E-state index is 0.0433. The van der Waals surface area contributed by atoms with Crippen LogP contribution in [-0.4, -0.2) is 50.1 Å². The molecule has 2 aliphatic carbocycles. The summed E-state index contributed by atoms with van der Waals surface area (Å²) in [5.74, 6) is -7.25. The van der Waals surface area contributed by atoms with Gasteiger partial charge in [-0.3, -0.25) is 9.48 Å². The topological polar surface area (TPSA) is 104 Å². The maximum absolute atomic E-state index is 14.4. The zero-order valence-corrected chi connectivity index (χ0v) is 17.0. The van der Waals surface area contributed by atoms with Crippen LogP contribution in [0, 0.1) is 5.92 Å². The minimum Gasteiger partial charge on any atom is -0.481 e. The van der Waals surface area contributed by atoms with E-state index in [1.165, 1.54) is 5.56 Å². The van der Waals surface area contributed by atoms with Gasteiger partial charge in [-0.2, -0.15) is 18.3 Å². The molecular weight excluding hydrogens is 429 g/mol. The average Bonchev–Trinajstić information content (AvgIpc) is 2.89. The monoisotopic (exact) mass is 455 g/mol. The molecule has 3 rings (SSSR count). The van der Waals surface area contributed by atoms with Gasteiger partial charge in [0.2, 0.25) is 0 Å². The number of alkyl halides is 5. The summed E-state index contributed by atoms with van der Waals surface area (Å²) in [6, 6.07) is -0.976. The van der Waals surface area contributed by atoms with Gasteiger partial charge >= 0.3 is 18.1 Å². The van der Waals surface area contributed by atoms with Gasteiger partial charge in [-0.15, -0.1) is 0 Å². The summed E-state index contributed by atoms with van der Waals surface area (Å²) in [4.78, 5) is 20.0. The Morgan fingerprint density at radius 3 is 2.35 bits per heavy atom. The van der Waals surface area contributed by atoms with Crippen molar-refractivity contribution in [1.82, 2.24) is 15.1 Å². The van der Waals surface area contributed by atoms with E-state index in [2.05, 4.69) is 10.4 Å². The molecule has 0 saturated heterocycles. The van der Waals surface area contributed by atoms with Gasteiger partial charge in [0.1, 0.15) is 0 Å². The first-order valence-corrected chi connectivity index (χ1v) is 10.0. The number of carbonyl (C=O) groups is 2. The first-order chi connectivity index (χ1) is 14.3. The number of aryl methyl sites for hydroxylation is 2. The van der Waals surface area contributed by atoms with Crippen LogP contribution in [0.3, 0.4) is 0 Å². The molecule has 176 valence electrons. The summed E-state index contributed by atoms with van der Waals surface area (Å²) >= 11 is 0. The standard InChI is InChI=1S/C17H25F2N3O2.C2HF3O2/c1-22-14(12-4-2-3-5-13(12)21-22)10-20-15-7-6-11(16(23)24)8-9-17(15,18)19;3-2(4,5)1(6)7/h11,15,20H,2-10H2,1H3,(H,23,24);(H,6,7)/t11-,15-;/m1./s1. The van der Waals surface area contributed by atoms with Crippen LogP contribution < -0.4 is 5.32 Å². The van der Waals surface area contributed by atoms with E-state index in [1.807, 2.05) is 7.05 Å². The number of nitrogens with one attached hydrogen (secondary N) is 1. The van der Waals surface area contributed by atoms with Crippen molar-refractivity contribution in [3.63, 3.8) is 0 Å². The lowest BCUT2D eigenvalue weighted by atomic mass is 9.95. The molecule has 1 fully saturated rings. The predicted molar refractivity (Wildman–Crippen MR) is 98.7 cm³/mol. The molecule has 0 bridgehead atoms. The molecule has 0 aromatic carbocycles. The number of fused-ring (bicyclic) bond motifs is 1. The van der Waals surface area contributed by atoms with Crippen LogP contribution >= 0.6 is 0 Å². The summed E-state index contributed by atoms with van der Waals surface area (Å²) in [6.07, 6.45) is -0.756. The number of carboxylic acids is 2. The number of aliphatic carboxylic acids is 2. The molecular formula is C19H26F5N3O4. The Labute approximate surface area is 175 Å². The highest BCUT2D eigenvalue weighted by Crippen LogP contribution is 2.35. The maximum Gasteiger partial charge on any atom is 0.490 e. The van der Waals surface area contributed by atoms with Gasteiger partial charge in [-0.05, 0) is 50.5 Å². The van der Waals surface area contributed by atoms with E-state index in [9.17, 15) is 26.7 Å². The van der Waals surface area contributed by atoms with Crippen LogP contribution in [-0.2, 0) is 36.0 Å². The molecule has 2 aliphatic rings. The zero-order chi connectivity index (χ0) is 23.4. The first-order valence-electron chi connectivity index (χ1n) is 10.0. The number of rotatable bonds is 4. The third kappa shape index (κ3) is 6.62. The summed E-state index contributed by atoms with van der Waals surface area (Å²) < 4.78 is 62.3. The number of hydrogen-bond donors (Lipinski definition) is 3. The molecule has 0 spiro atoms. The van der Waals surface area contributed by atoms with Gasteiger partial charge in [-0.25, -0.2) is 13.6 Å². The van der Waals surface area contributed by atoms with Crippen molar-refractivity contribution in [2.45, 2.75) is 76.1 Å². The van der Waals surface area contributed by atoms with E-state index in [-0.39, 0.29) is 19.3 Å². The fourth-order valence-corrected chi connectivity index (χ4v) is 3.95. The molecule has 12 heteroatoms. The summed E-state index contributed by atoms with van der Waals surface area (Å²) in [6.45, 7) is 0.358. The predicted octanol–water partition coefficient (Wildman–Crippen LogP) is 3.30. The van der Waals surface area contributed by atoms with E-state index in [4.69, 9.17) is 15.0 Å². The molecule has 3 N–H and O–H groups in total. The molecule has 1 saturated carbocycles. The summed E-state index contributed by atoms with van der Waals surface area (Å²) in [5.41, 5.74) is 3.29. The fraction of sp³-hybridized carbons (Fsp3) is 0.737. The molecule has 2 atom stereocenters. The second-order valence-corrected chi connectivity index (χ2v) is 7.85. The van der Waals surface area contributed by atoms with E-state index >= 15 is 0 Å². The van der Waals surface area contributed by atoms with E-state index in [1.54, 1.807) is 4.68 Å². The van der Waals surface area contributed by atoms with Gasteiger partial charge in [0.15, 0.2) is 0 Å². The highest BCUT2D eigenvalue weighted by Gasteiger charge is 2.43. The van der Waals surface area contributed by atoms with Crippen molar-refractivity contribution in [3.8, 4) is 0 Å². The van der Waals surface area contributed by atoms with Crippen molar-refractivity contribution >= 4 is 11.9 Å². The third-order valence-corrected chi connectivity index (χ3v) is 5.70. The largest absolute Gasteiger partial charge is 0.490 e. The smallest absolute Gasteiger partial charge is 0.481 e. The lowest BCUT2D eigenvalue weighted by Gasteiger charge is -2.26. The first kappa shape index (κ1) is 25.0. The van der Waals surface area contributed by atoms with Gasteiger partial charge in [0, 0.05) is 20.0 Å². The fourth-order valence-electron chi connectivity index (χ4n) is 3.95. The SMILES string of the molecule is Cn1nc2c(c1CN[C@@H]1CC[C@@H](C(=O)O)CCC1(F)F)CCCC2.O=C(O)C(F)(F)F. The van der Waals surface area contributed by atoms with E-state index in [0.717, 1.165) is 37.1 Å². The van der Waals surface area contributed by atoms with E-state index in [0.29, 0.717) is 13.0 Å². The Kier molecular flexibility index (Phi) is 8.01.